The summed E-state index contributed by atoms with van der Waals surface area (Å²) in [7, 11) is 1.32. The second-order valence-corrected chi connectivity index (χ2v) is 4.73. The lowest BCUT2D eigenvalue weighted by Gasteiger charge is -2.09. The van der Waals surface area contributed by atoms with Gasteiger partial charge in [0.05, 0.1) is 7.11 Å². The summed E-state index contributed by atoms with van der Waals surface area (Å²) in [5.74, 6) is -0.00714. The van der Waals surface area contributed by atoms with Crippen molar-refractivity contribution in [3.63, 3.8) is 0 Å². The molecule has 0 saturated carbocycles. The molecule has 0 aliphatic carbocycles. The van der Waals surface area contributed by atoms with E-state index in [2.05, 4.69) is 14.7 Å². The number of ether oxygens (including phenoxy) is 1. The highest BCUT2D eigenvalue weighted by Crippen LogP contribution is 2.17. The molecule has 0 fully saturated rings. The van der Waals surface area contributed by atoms with Crippen LogP contribution in [0.15, 0.2) is 5.16 Å². The van der Waals surface area contributed by atoms with Crippen molar-refractivity contribution < 1.29 is 9.53 Å². The van der Waals surface area contributed by atoms with Crippen LogP contribution in [0.1, 0.15) is 17.0 Å². The minimum atomic E-state index is -0.643. The van der Waals surface area contributed by atoms with E-state index in [0.29, 0.717) is 10.9 Å². The van der Waals surface area contributed by atoms with E-state index < -0.39 is 12.0 Å². The molecule has 0 aliphatic rings. The van der Waals surface area contributed by atoms with Gasteiger partial charge in [-0.25, -0.2) is 9.97 Å². The van der Waals surface area contributed by atoms with E-state index in [1.165, 1.54) is 18.9 Å². The van der Waals surface area contributed by atoms with Crippen molar-refractivity contribution in [2.24, 2.45) is 5.73 Å². The maximum Gasteiger partial charge on any atom is 0.323 e. The fourth-order valence-electron chi connectivity index (χ4n) is 1.19. The Hall–Kier alpha value is -1.14. The van der Waals surface area contributed by atoms with Crippen LogP contribution in [0.3, 0.4) is 0 Å². The van der Waals surface area contributed by atoms with Gasteiger partial charge in [0.25, 0.3) is 0 Å². The maximum atomic E-state index is 11.1. The number of esters is 1. The predicted molar refractivity (Wildman–Crippen MR) is 67.0 cm³/mol. The summed E-state index contributed by atoms with van der Waals surface area (Å²) >= 11 is 1.36. The normalized spacial score (nSPS) is 12.3. The average Bonchev–Trinajstić information content (AvgIpc) is 2.31. The lowest BCUT2D eigenvalue weighted by atomic mass is 10.2. The van der Waals surface area contributed by atoms with Crippen molar-refractivity contribution in [3.05, 3.63) is 17.0 Å². The number of aryl methyl sites for hydroxylation is 2. The fourth-order valence-corrected chi connectivity index (χ4v) is 2.06. The Kier molecular flexibility index (Phi) is 4.89. The highest BCUT2D eigenvalue weighted by molar-refractivity contribution is 7.99. The summed E-state index contributed by atoms with van der Waals surface area (Å²) in [6.07, 6.45) is 0. The smallest absolute Gasteiger partial charge is 0.323 e. The van der Waals surface area contributed by atoms with Gasteiger partial charge in [0.2, 0.25) is 0 Å². The molecule has 0 bridgehead atoms. The number of nitrogens with zero attached hydrogens (tertiary/aromatic N) is 2. The summed E-state index contributed by atoms with van der Waals surface area (Å²) in [5.41, 5.74) is 8.62. The van der Waals surface area contributed by atoms with Gasteiger partial charge in [0.1, 0.15) is 6.04 Å². The average molecular weight is 255 g/mol. The molecule has 0 aromatic carbocycles. The van der Waals surface area contributed by atoms with Gasteiger partial charge in [-0.3, -0.25) is 4.79 Å². The van der Waals surface area contributed by atoms with E-state index in [4.69, 9.17) is 5.73 Å². The number of hydrogen-bond donors (Lipinski definition) is 1. The molecule has 94 valence electrons. The van der Waals surface area contributed by atoms with Crippen molar-refractivity contribution in [1.82, 2.24) is 9.97 Å². The molecule has 1 aromatic heterocycles. The molecule has 2 N–H and O–H groups in total. The predicted octanol–water partition coefficient (Wildman–Crippen LogP) is 0.994. The summed E-state index contributed by atoms with van der Waals surface area (Å²) in [4.78, 5) is 19.8. The first-order chi connectivity index (χ1) is 7.95. The van der Waals surface area contributed by atoms with Gasteiger partial charge in [-0.1, -0.05) is 11.8 Å². The Bertz CT molecular complexity index is 400. The van der Waals surface area contributed by atoms with Crippen molar-refractivity contribution in [2.45, 2.75) is 32.0 Å². The molecular weight excluding hydrogens is 238 g/mol. The second-order valence-electron chi connectivity index (χ2n) is 3.74. The van der Waals surface area contributed by atoms with E-state index in [1.54, 1.807) is 0 Å². The first-order valence-corrected chi connectivity index (χ1v) is 6.22. The molecule has 1 unspecified atom stereocenters. The quantitative estimate of drug-likeness (QED) is 0.491. The van der Waals surface area contributed by atoms with Crippen LogP contribution in [0.2, 0.25) is 0 Å². The Morgan fingerprint density at radius 2 is 1.88 bits per heavy atom. The van der Waals surface area contributed by atoms with Gasteiger partial charge in [-0.15, -0.1) is 0 Å². The number of nitrogens with two attached hydrogens (primary N) is 1. The minimum absolute atomic E-state index is 0.411. The van der Waals surface area contributed by atoms with Crippen LogP contribution < -0.4 is 5.73 Å². The fraction of sp³-hybridized carbons (Fsp3) is 0.545. The van der Waals surface area contributed by atoms with Crippen LogP contribution in [0, 0.1) is 20.8 Å². The molecule has 0 radical (unpaired) electrons. The summed E-state index contributed by atoms with van der Waals surface area (Å²) < 4.78 is 4.55. The molecule has 1 atom stereocenters. The summed E-state index contributed by atoms with van der Waals surface area (Å²) in [5, 5.41) is 0.643. The lowest BCUT2D eigenvalue weighted by molar-refractivity contribution is -0.141. The summed E-state index contributed by atoms with van der Waals surface area (Å²) in [6, 6.07) is -0.643. The van der Waals surface area contributed by atoms with Crippen LogP contribution in [0.4, 0.5) is 0 Å². The number of carbonyl (C=O) groups excluding carboxylic acids is 1. The van der Waals surface area contributed by atoms with E-state index in [-0.39, 0.29) is 0 Å². The van der Waals surface area contributed by atoms with Crippen molar-refractivity contribution in [2.75, 3.05) is 12.9 Å². The second kappa shape index (κ2) is 5.97. The molecule has 0 spiro atoms. The monoisotopic (exact) mass is 255 g/mol. The van der Waals surface area contributed by atoms with Gasteiger partial charge >= 0.3 is 5.97 Å². The number of methoxy groups -OCH3 is 1. The highest BCUT2D eigenvalue weighted by Gasteiger charge is 2.15. The Labute approximate surface area is 105 Å². The molecule has 0 saturated heterocycles. The number of hydrogen-bond acceptors (Lipinski definition) is 6. The minimum Gasteiger partial charge on any atom is -0.468 e. The van der Waals surface area contributed by atoms with E-state index in [9.17, 15) is 4.79 Å². The maximum absolute atomic E-state index is 11.1. The number of rotatable bonds is 4. The zero-order valence-electron chi connectivity index (χ0n) is 10.5. The molecule has 1 aromatic rings. The first-order valence-electron chi connectivity index (χ1n) is 5.23. The standard InChI is InChI=1S/C11H17N3O2S/c1-6-7(2)13-11(14-8(6)3)17-5-9(12)10(15)16-4/h9H,5,12H2,1-4H3. The molecular formula is C11H17N3O2S. The molecule has 1 heterocycles. The highest BCUT2D eigenvalue weighted by atomic mass is 32.2. The van der Waals surface area contributed by atoms with Crippen LogP contribution >= 0.6 is 11.8 Å². The SMILES string of the molecule is COC(=O)C(N)CSc1nc(C)c(C)c(C)n1. The van der Waals surface area contributed by atoms with Crippen molar-refractivity contribution >= 4 is 17.7 Å². The first kappa shape index (κ1) is 13.9. The number of thioether (sulfide) groups is 1. The number of carbonyl (C=O) groups is 1. The molecule has 0 aliphatic heterocycles. The Morgan fingerprint density at radius 1 is 1.35 bits per heavy atom. The molecule has 6 heteroatoms. The Morgan fingerprint density at radius 3 is 2.35 bits per heavy atom. The zero-order valence-corrected chi connectivity index (χ0v) is 11.3. The summed E-state index contributed by atoms with van der Waals surface area (Å²) in [6.45, 7) is 5.86. The third-order valence-electron chi connectivity index (χ3n) is 2.51. The molecule has 5 nitrogen and oxygen atoms in total. The zero-order chi connectivity index (χ0) is 13.0. The van der Waals surface area contributed by atoms with Gasteiger partial charge in [-0.05, 0) is 26.3 Å². The largest absolute Gasteiger partial charge is 0.468 e. The third kappa shape index (κ3) is 3.67. The van der Waals surface area contributed by atoms with Gasteiger partial charge in [0.15, 0.2) is 5.16 Å². The van der Waals surface area contributed by atoms with Crippen LogP contribution in [0.25, 0.3) is 0 Å². The molecule has 17 heavy (non-hydrogen) atoms. The van der Waals surface area contributed by atoms with Crippen molar-refractivity contribution in [3.8, 4) is 0 Å². The van der Waals surface area contributed by atoms with Gasteiger partial charge in [0, 0.05) is 17.1 Å². The third-order valence-corrected chi connectivity index (χ3v) is 3.47. The van der Waals surface area contributed by atoms with E-state index in [0.717, 1.165) is 17.0 Å². The van der Waals surface area contributed by atoms with Crippen LogP contribution in [-0.2, 0) is 9.53 Å². The topological polar surface area (TPSA) is 78.1 Å². The van der Waals surface area contributed by atoms with E-state index >= 15 is 0 Å². The van der Waals surface area contributed by atoms with Gasteiger partial charge in [-0.2, -0.15) is 0 Å². The molecule has 0 amide bonds. The van der Waals surface area contributed by atoms with E-state index in [1.807, 2.05) is 20.8 Å². The van der Waals surface area contributed by atoms with Crippen LogP contribution in [0.5, 0.6) is 0 Å². The number of aromatic nitrogens is 2. The van der Waals surface area contributed by atoms with Gasteiger partial charge < -0.3 is 10.5 Å². The Balaban J connectivity index is 2.67. The lowest BCUT2D eigenvalue weighted by Crippen LogP contribution is -2.33. The molecule has 1 rings (SSSR count). The van der Waals surface area contributed by atoms with Crippen LogP contribution in [-0.4, -0.2) is 34.8 Å². The van der Waals surface area contributed by atoms with Crippen molar-refractivity contribution in [1.29, 1.82) is 0 Å².